The van der Waals surface area contributed by atoms with Gasteiger partial charge in [-0.25, -0.2) is 4.98 Å². The van der Waals surface area contributed by atoms with Crippen molar-refractivity contribution in [3.05, 3.63) is 24.0 Å². The highest BCUT2D eigenvalue weighted by molar-refractivity contribution is 5.93. The fourth-order valence-electron chi connectivity index (χ4n) is 2.30. The van der Waals surface area contributed by atoms with Crippen LogP contribution in [0.3, 0.4) is 0 Å². The highest BCUT2D eigenvalue weighted by atomic mass is 16.2. The summed E-state index contributed by atoms with van der Waals surface area (Å²) < 4.78 is 0. The van der Waals surface area contributed by atoms with Crippen molar-refractivity contribution in [1.29, 1.82) is 0 Å². The van der Waals surface area contributed by atoms with E-state index in [2.05, 4.69) is 38.0 Å². The molecule has 1 aromatic rings. The Bertz CT molecular complexity index is 434. The number of rotatable bonds is 2. The summed E-state index contributed by atoms with van der Waals surface area (Å²) in [6, 6.07) is 3.53. The van der Waals surface area contributed by atoms with Gasteiger partial charge in [-0.2, -0.15) is 0 Å². The quantitative estimate of drug-likeness (QED) is 0.818. The second kappa shape index (κ2) is 3.45. The van der Waals surface area contributed by atoms with Gasteiger partial charge < -0.3 is 11.1 Å². The van der Waals surface area contributed by atoms with Crippen LogP contribution in [-0.4, -0.2) is 16.9 Å². The van der Waals surface area contributed by atoms with Crippen LogP contribution >= 0.6 is 0 Å². The van der Waals surface area contributed by atoms with Gasteiger partial charge in [0.05, 0.1) is 11.9 Å². The van der Waals surface area contributed by atoms with Gasteiger partial charge in [-0.15, -0.1) is 0 Å². The highest BCUT2D eigenvalue weighted by Gasteiger charge is 2.65. The first-order valence-electron chi connectivity index (χ1n) is 5.79. The zero-order valence-electron chi connectivity index (χ0n) is 10.7. The van der Waals surface area contributed by atoms with E-state index in [1.807, 2.05) is 0 Å². The summed E-state index contributed by atoms with van der Waals surface area (Å²) in [6.07, 6.45) is 1.50. The predicted molar refractivity (Wildman–Crippen MR) is 67.5 cm³/mol. The SMILES string of the molecule is CC1(C)C(NC(=O)c2ccc(N)cn2)C1(C)C. The second-order valence-electron chi connectivity index (χ2n) is 5.83. The van der Waals surface area contributed by atoms with Crippen molar-refractivity contribution >= 4 is 11.6 Å². The minimum atomic E-state index is -0.131. The molecule has 0 saturated heterocycles. The smallest absolute Gasteiger partial charge is 0.270 e. The fraction of sp³-hybridized carbons (Fsp3) is 0.538. The molecule has 0 spiro atoms. The van der Waals surface area contributed by atoms with E-state index < -0.39 is 0 Å². The van der Waals surface area contributed by atoms with E-state index >= 15 is 0 Å². The summed E-state index contributed by atoms with van der Waals surface area (Å²) in [5, 5.41) is 3.03. The number of anilines is 1. The number of nitrogen functional groups attached to an aromatic ring is 1. The molecule has 17 heavy (non-hydrogen) atoms. The Balaban J connectivity index is 2.07. The Morgan fingerprint density at radius 3 is 2.29 bits per heavy atom. The van der Waals surface area contributed by atoms with Gasteiger partial charge in [-0.3, -0.25) is 4.79 Å². The number of amides is 1. The Labute approximate surface area is 102 Å². The largest absolute Gasteiger partial charge is 0.397 e. The zero-order valence-corrected chi connectivity index (χ0v) is 10.7. The first kappa shape index (κ1) is 11.9. The van der Waals surface area contributed by atoms with Crippen LogP contribution in [0.25, 0.3) is 0 Å². The average molecular weight is 233 g/mol. The van der Waals surface area contributed by atoms with Crippen molar-refractivity contribution in [3.63, 3.8) is 0 Å². The van der Waals surface area contributed by atoms with E-state index in [0.717, 1.165) is 0 Å². The lowest BCUT2D eigenvalue weighted by Gasteiger charge is -2.06. The van der Waals surface area contributed by atoms with Crippen molar-refractivity contribution in [2.24, 2.45) is 10.8 Å². The standard InChI is InChI=1S/C13H19N3O/c1-12(2)11(13(12,3)4)16-10(17)9-6-5-8(14)7-15-9/h5-7,11H,14H2,1-4H3,(H,16,17). The number of hydrogen-bond acceptors (Lipinski definition) is 3. The van der Waals surface area contributed by atoms with Crippen molar-refractivity contribution in [1.82, 2.24) is 10.3 Å². The number of nitrogens with two attached hydrogens (primary N) is 1. The molecule has 2 rings (SSSR count). The van der Waals surface area contributed by atoms with Gasteiger partial charge in [0.15, 0.2) is 0 Å². The Hall–Kier alpha value is -1.58. The van der Waals surface area contributed by atoms with E-state index in [4.69, 9.17) is 5.73 Å². The molecular weight excluding hydrogens is 214 g/mol. The third kappa shape index (κ3) is 1.77. The van der Waals surface area contributed by atoms with Gasteiger partial charge >= 0.3 is 0 Å². The number of carbonyl (C=O) groups excluding carboxylic acids is 1. The van der Waals surface area contributed by atoms with Gasteiger partial charge in [0.2, 0.25) is 0 Å². The number of aromatic nitrogens is 1. The minimum absolute atomic E-state index is 0.131. The normalized spacial score (nSPS) is 20.9. The fourth-order valence-corrected chi connectivity index (χ4v) is 2.30. The molecule has 0 atom stereocenters. The molecule has 0 bridgehead atoms. The van der Waals surface area contributed by atoms with Gasteiger partial charge in [0.25, 0.3) is 5.91 Å². The summed E-state index contributed by atoms with van der Waals surface area (Å²) in [7, 11) is 0. The minimum Gasteiger partial charge on any atom is -0.397 e. The van der Waals surface area contributed by atoms with Crippen LogP contribution in [0.2, 0.25) is 0 Å². The van der Waals surface area contributed by atoms with E-state index in [-0.39, 0.29) is 22.8 Å². The molecule has 3 N–H and O–H groups in total. The molecule has 1 aliphatic carbocycles. The molecule has 1 fully saturated rings. The van der Waals surface area contributed by atoms with Gasteiger partial charge in [-0.1, -0.05) is 27.7 Å². The number of carbonyl (C=O) groups is 1. The zero-order chi connectivity index (χ0) is 12.8. The lowest BCUT2D eigenvalue weighted by atomic mass is 10.0. The number of nitrogens with one attached hydrogen (secondary N) is 1. The first-order chi connectivity index (χ1) is 7.76. The summed E-state index contributed by atoms with van der Waals surface area (Å²) in [5.41, 5.74) is 6.78. The predicted octanol–water partition coefficient (Wildman–Crippen LogP) is 1.83. The lowest BCUT2D eigenvalue weighted by Crippen LogP contribution is -2.30. The molecule has 1 heterocycles. The molecule has 0 aromatic carbocycles. The van der Waals surface area contributed by atoms with Crippen LogP contribution in [0.15, 0.2) is 18.3 Å². The number of hydrogen-bond donors (Lipinski definition) is 2. The van der Waals surface area contributed by atoms with Crippen LogP contribution in [0, 0.1) is 10.8 Å². The third-order valence-electron chi connectivity index (χ3n) is 4.32. The van der Waals surface area contributed by atoms with Crippen molar-refractivity contribution in [3.8, 4) is 0 Å². The van der Waals surface area contributed by atoms with Crippen molar-refractivity contribution in [2.45, 2.75) is 33.7 Å². The average Bonchev–Trinajstić information content (AvgIpc) is 2.62. The Kier molecular flexibility index (Phi) is 2.42. The van der Waals surface area contributed by atoms with Gasteiger partial charge in [0.1, 0.15) is 5.69 Å². The molecule has 4 nitrogen and oxygen atoms in total. The maximum absolute atomic E-state index is 12.0. The highest BCUT2D eigenvalue weighted by Crippen LogP contribution is 2.62. The molecule has 0 radical (unpaired) electrons. The van der Waals surface area contributed by atoms with Crippen LogP contribution in [0.4, 0.5) is 5.69 Å². The monoisotopic (exact) mass is 233 g/mol. The Morgan fingerprint density at radius 1 is 1.29 bits per heavy atom. The first-order valence-corrected chi connectivity index (χ1v) is 5.79. The number of pyridine rings is 1. The van der Waals surface area contributed by atoms with Gasteiger partial charge in [0, 0.05) is 6.04 Å². The number of nitrogens with zero attached hydrogens (tertiary/aromatic N) is 1. The third-order valence-corrected chi connectivity index (χ3v) is 4.32. The van der Waals surface area contributed by atoms with Crippen molar-refractivity contribution in [2.75, 3.05) is 5.73 Å². The van der Waals surface area contributed by atoms with Crippen molar-refractivity contribution < 1.29 is 4.79 Å². The molecule has 1 amide bonds. The molecule has 92 valence electrons. The van der Waals surface area contributed by atoms with E-state index in [9.17, 15) is 4.79 Å². The summed E-state index contributed by atoms with van der Waals surface area (Å²) in [6.45, 7) is 8.64. The molecular formula is C13H19N3O. The van der Waals surface area contributed by atoms with Crippen LogP contribution in [0.1, 0.15) is 38.2 Å². The second-order valence-corrected chi connectivity index (χ2v) is 5.83. The van der Waals surface area contributed by atoms with E-state index in [1.165, 1.54) is 6.20 Å². The molecule has 0 unspecified atom stereocenters. The topological polar surface area (TPSA) is 68.0 Å². The summed E-state index contributed by atoms with van der Waals surface area (Å²) in [5.74, 6) is -0.131. The maximum Gasteiger partial charge on any atom is 0.270 e. The Morgan fingerprint density at radius 2 is 1.88 bits per heavy atom. The molecule has 1 aliphatic rings. The molecule has 1 saturated carbocycles. The van der Waals surface area contributed by atoms with E-state index in [0.29, 0.717) is 11.4 Å². The van der Waals surface area contributed by atoms with E-state index in [1.54, 1.807) is 12.1 Å². The summed E-state index contributed by atoms with van der Waals surface area (Å²) in [4.78, 5) is 16.0. The van der Waals surface area contributed by atoms with Crippen LogP contribution in [0.5, 0.6) is 0 Å². The van der Waals surface area contributed by atoms with Crippen LogP contribution in [-0.2, 0) is 0 Å². The lowest BCUT2D eigenvalue weighted by molar-refractivity contribution is 0.0938. The molecule has 1 aromatic heterocycles. The maximum atomic E-state index is 12.0. The summed E-state index contributed by atoms with van der Waals surface area (Å²) >= 11 is 0. The van der Waals surface area contributed by atoms with Crippen LogP contribution < -0.4 is 11.1 Å². The molecule has 0 aliphatic heterocycles. The molecule has 4 heteroatoms. The van der Waals surface area contributed by atoms with Gasteiger partial charge in [-0.05, 0) is 23.0 Å².